The van der Waals surface area contributed by atoms with Crippen LogP contribution in [0.3, 0.4) is 0 Å². The molecule has 2 heterocycles. The predicted octanol–water partition coefficient (Wildman–Crippen LogP) is 2.94. The van der Waals surface area contributed by atoms with Crippen molar-refractivity contribution in [2.24, 2.45) is 5.41 Å². The van der Waals surface area contributed by atoms with Gasteiger partial charge >= 0.3 is 5.97 Å². The SMILES string of the molecule is CC1(C(=O)O)CCN(C(=O)CCc2ccc(-c3ccccc3)[nH]2)C1. The molecule has 126 valence electrons. The van der Waals surface area contributed by atoms with Gasteiger partial charge in [0, 0.05) is 30.9 Å². The molecule has 1 aromatic carbocycles. The normalized spacial score (nSPS) is 20.3. The number of aryl methyl sites for hydroxylation is 1. The number of hydrogen-bond acceptors (Lipinski definition) is 2. The fraction of sp³-hybridized carbons (Fsp3) is 0.368. The molecule has 1 aliphatic heterocycles. The summed E-state index contributed by atoms with van der Waals surface area (Å²) in [5, 5.41) is 9.25. The van der Waals surface area contributed by atoms with E-state index in [0.29, 0.717) is 32.4 Å². The minimum Gasteiger partial charge on any atom is -0.481 e. The molecule has 0 radical (unpaired) electrons. The topological polar surface area (TPSA) is 73.4 Å². The maximum absolute atomic E-state index is 12.3. The molecule has 5 nitrogen and oxygen atoms in total. The van der Waals surface area contributed by atoms with Crippen molar-refractivity contribution in [1.82, 2.24) is 9.88 Å². The highest BCUT2D eigenvalue weighted by Gasteiger charge is 2.41. The Balaban J connectivity index is 1.56. The highest BCUT2D eigenvalue weighted by molar-refractivity contribution is 5.80. The Morgan fingerprint density at radius 2 is 1.96 bits per heavy atom. The Labute approximate surface area is 141 Å². The van der Waals surface area contributed by atoms with Gasteiger partial charge in [-0.1, -0.05) is 30.3 Å². The summed E-state index contributed by atoms with van der Waals surface area (Å²) in [6.45, 7) is 2.54. The van der Waals surface area contributed by atoms with Crippen molar-refractivity contribution in [3.63, 3.8) is 0 Å². The third kappa shape index (κ3) is 3.35. The number of benzene rings is 1. The van der Waals surface area contributed by atoms with Crippen LogP contribution in [0.5, 0.6) is 0 Å². The zero-order valence-electron chi connectivity index (χ0n) is 13.8. The van der Waals surface area contributed by atoms with E-state index in [-0.39, 0.29) is 5.91 Å². The minimum absolute atomic E-state index is 0.0239. The highest BCUT2D eigenvalue weighted by Crippen LogP contribution is 2.30. The second-order valence-corrected chi connectivity index (χ2v) is 6.69. The van der Waals surface area contributed by atoms with E-state index in [4.69, 9.17) is 0 Å². The minimum atomic E-state index is -0.824. The Hall–Kier alpha value is -2.56. The van der Waals surface area contributed by atoms with E-state index in [0.717, 1.165) is 17.0 Å². The summed E-state index contributed by atoms with van der Waals surface area (Å²) in [5.74, 6) is -0.800. The molecular weight excluding hydrogens is 304 g/mol. The molecule has 1 unspecified atom stereocenters. The van der Waals surface area contributed by atoms with E-state index in [1.165, 1.54) is 0 Å². The molecule has 1 saturated heterocycles. The van der Waals surface area contributed by atoms with Crippen molar-refractivity contribution in [3.05, 3.63) is 48.2 Å². The molecule has 0 aliphatic carbocycles. The van der Waals surface area contributed by atoms with Gasteiger partial charge in [-0.25, -0.2) is 0 Å². The van der Waals surface area contributed by atoms with Crippen molar-refractivity contribution >= 4 is 11.9 Å². The quantitative estimate of drug-likeness (QED) is 0.887. The maximum atomic E-state index is 12.3. The third-order valence-electron chi connectivity index (χ3n) is 4.78. The number of carboxylic acids is 1. The van der Waals surface area contributed by atoms with Gasteiger partial charge < -0.3 is 15.0 Å². The van der Waals surface area contributed by atoms with Gasteiger partial charge in [0.25, 0.3) is 0 Å². The lowest BCUT2D eigenvalue weighted by atomic mass is 9.90. The molecule has 0 saturated carbocycles. The molecule has 24 heavy (non-hydrogen) atoms. The first-order chi connectivity index (χ1) is 11.5. The molecule has 1 atom stereocenters. The van der Waals surface area contributed by atoms with Crippen LogP contribution in [0.1, 0.15) is 25.5 Å². The van der Waals surface area contributed by atoms with E-state index in [1.807, 2.05) is 42.5 Å². The summed E-state index contributed by atoms with van der Waals surface area (Å²) >= 11 is 0. The van der Waals surface area contributed by atoms with Gasteiger partial charge in [0.1, 0.15) is 0 Å². The van der Waals surface area contributed by atoms with Crippen molar-refractivity contribution in [2.75, 3.05) is 13.1 Å². The summed E-state index contributed by atoms with van der Waals surface area (Å²) in [6.07, 6.45) is 1.55. The lowest BCUT2D eigenvalue weighted by molar-refractivity contribution is -0.147. The summed E-state index contributed by atoms with van der Waals surface area (Å²) in [6, 6.07) is 14.1. The Morgan fingerprint density at radius 3 is 2.62 bits per heavy atom. The molecule has 1 aliphatic rings. The average Bonchev–Trinajstić information content (AvgIpc) is 3.21. The van der Waals surface area contributed by atoms with Gasteiger partial charge in [0.15, 0.2) is 0 Å². The number of nitrogens with zero attached hydrogens (tertiary/aromatic N) is 1. The van der Waals surface area contributed by atoms with E-state index in [2.05, 4.69) is 4.98 Å². The molecule has 1 fully saturated rings. The zero-order valence-corrected chi connectivity index (χ0v) is 13.8. The average molecular weight is 326 g/mol. The number of aromatic nitrogens is 1. The van der Waals surface area contributed by atoms with E-state index in [1.54, 1.807) is 11.8 Å². The first kappa shape index (κ1) is 16.3. The van der Waals surface area contributed by atoms with Crippen LogP contribution in [-0.4, -0.2) is 40.0 Å². The molecular formula is C19H22N2O3. The van der Waals surface area contributed by atoms with Gasteiger partial charge in [0.2, 0.25) is 5.91 Å². The maximum Gasteiger partial charge on any atom is 0.311 e. The summed E-state index contributed by atoms with van der Waals surface area (Å²) in [4.78, 5) is 28.6. The van der Waals surface area contributed by atoms with E-state index < -0.39 is 11.4 Å². The van der Waals surface area contributed by atoms with Crippen LogP contribution >= 0.6 is 0 Å². The van der Waals surface area contributed by atoms with Crippen molar-refractivity contribution in [2.45, 2.75) is 26.2 Å². The van der Waals surface area contributed by atoms with Crippen molar-refractivity contribution < 1.29 is 14.7 Å². The molecule has 2 N–H and O–H groups in total. The monoisotopic (exact) mass is 326 g/mol. The zero-order chi connectivity index (χ0) is 17.2. The molecule has 0 spiro atoms. The molecule has 5 heteroatoms. The third-order valence-corrected chi connectivity index (χ3v) is 4.78. The number of hydrogen-bond donors (Lipinski definition) is 2. The summed E-state index contributed by atoms with van der Waals surface area (Å²) < 4.78 is 0. The number of H-pyrrole nitrogens is 1. The number of carboxylic acid groups (broad SMARTS) is 1. The van der Waals surface area contributed by atoms with Crippen LogP contribution in [0.2, 0.25) is 0 Å². The summed E-state index contributed by atoms with van der Waals surface area (Å²) in [5.41, 5.74) is 2.37. The summed E-state index contributed by atoms with van der Waals surface area (Å²) in [7, 11) is 0. The fourth-order valence-electron chi connectivity index (χ4n) is 3.12. The number of rotatable bonds is 5. The number of nitrogens with one attached hydrogen (secondary N) is 1. The van der Waals surface area contributed by atoms with Crippen LogP contribution in [0.25, 0.3) is 11.3 Å². The number of aromatic amines is 1. The molecule has 0 bridgehead atoms. The van der Waals surface area contributed by atoms with Crippen molar-refractivity contribution in [3.8, 4) is 11.3 Å². The Kier molecular flexibility index (Phi) is 4.42. The van der Waals surface area contributed by atoms with Crippen LogP contribution in [0, 0.1) is 5.41 Å². The van der Waals surface area contributed by atoms with E-state index >= 15 is 0 Å². The number of likely N-dealkylation sites (tertiary alicyclic amines) is 1. The number of amides is 1. The standard InChI is InChI=1S/C19H22N2O3/c1-19(18(23)24)11-12-21(13-19)17(22)10-8-15-7-9-16(20-15)14-5-3-2-4-6-14/h2-7,9,20H,8,10-13H2,1H3,(H,23,24). The van der Waals surface area contributed by atoms with E-state index in [9.17, 15) is 14.7 Å². The van der Waals surface area contributed by atoms with Crippen molar-refractivity contribution in [1.29, 1.82) is 0 Å². The van der Waals surface area contributed by atoms with Gasteiger partial charge in [0.05, 0.1) is 5.41 Å². The second kappa shape index (κ2) is 6.51. The highest BCUT2D eigenvalue weighted by atomic mass is 16.4. The number of carbonyl (C=O) groups excluding carboxylic acids is 1. The molecule has 2 aromatic rings. The predicted molar refractivity (Wildman–Crippen MR) is 91.5 cm³/mol. The van der Waals surface area contributed by atoms with Crippen LogP contribution in [0.15, 0.2) is 42.5 Å². The second-order valence-electron chi connectivity index (χ2n) is 6.69. The lowest BCUT2D eigenvalue weighted by Gasteiger charge is -2.20. The molecule has 1 amide bonds. The van der Waals surface area contributed by atoms with Crippen LogP contribution in [-0.2, 0) is 16.0 Å². The van der Waals surface area contributed by atoms with Crippen LogP contribution < -0.4 is 0 Å². The van der Waals surface area contributed by atoms with Gasteiger partial charge in [-0.3, -0.25) is 9.59 Å². The smallest absolute Gasteiger partial charge is 0.311 e. The first-order valence-corrected chi connectivity index (χ1v) is 8.22. The van der Waals surface area contributed by atoms with Crippen LogP contribution in [0.4, 0.5) is 0 Å². The largest absolute Gasteiger partial charge is 0.481 e. The Bertz CT molecular complexity index is 738. The fourth-order valence-corrected chi connectivity index (χ4v) is 3.12. The molecule has 1 aromatic heterocycles. The first-order valence-electron chi connectivity index (χ1n) is 8.22. The van der Waals surface area contributed by atoms with Gasteiger partial charge in [-0.2, -0.15) is 0 Å². The number of aliphatic carboxylic acids is 1. The van der Waals surface area contributed by atoms with Gasteiger partial charge in [-0.05, 0) is 37.5 Å². The Morgan fingerprint density at radius 1 is 1.21 bits per heavy atom. The number of carbonyl (C=O) groups is 2. The molecule has 3 rings (SSSR count). The lowest BCUT2D eigenvalue weighted by Crippen LogP contribution is -2.34. The van der Waals surface area contributed by atoms with Gasteiger partial charge in [-0.15, -0.1) is 0 Å².